The van der Waals surface area contributed by atoms with Crippen LogP contribution < -0.4 is 0 Å². The number of likely N-dealkylation sites (tertiary alicyclic amines) is 1. The molecule has 0 N–H and O–H groups in total. The molecule has 1 aliphatic rings. The number of benzene rings is 2. The average molecular weight is 372 g/mol. The van der Waals surface area contributed by atoms with Crippen molar-refractivity contribution in [3.05, 3.63) is 59.7 Å². The van der Waals surface area contributed by atoms with E-state index in [1.54, 1.807) is 0 Å². The molecule has 0 bridgehead atoms. The second-order valence-electron chi connectivity index (χ2n) is 8.27. The van der Waals surface area contributed by atoms with Crippen LogP contribution in [0.4, 0.5) is 4.39 Å². The monoisotopic (exact) mass is 371 g/mol. The summed E-state index contributed by atoms with van der Waals surface area (Å²) < 4.78 is 12.3. The predicted molar refractivity (Wildman–Crippen MR) is 110 cm³/mol. The Kier molecular flexibility index (Phi) is 6.42. The minimum atomic E-state index is -0.205. The van der Waals surface area contributed by atoms with Gasteiger partial charge in [-0.05, 0) is 66.1 Å². The molecule has 3 rings (SSSR count). The summed E-state index contributed by atoms with van der Waals surface area (Å²) >= 11 is 1.82. The van der Waals surface area contributed by atoms with Crippen LogP contribution in [0.15, 0.2) is 58.3 Å². The van der Waals surface area contributed by atoms with Crippen molar-refractivity contribution >= 4 is 11.8 Å². The van der Waals surface area contributed by atoms with Gasteiger partial charge in [-0.2, -0.15) is 0 Å². The van der Waals surface area contributed by atoms with Crippen molar-refractivity contribution in [2.75, 3.05) is 26.3 Å². The highest BCUT2D eigenvalue weighted by atomic mass is 32.2. The summed E-state index contributed by atoms with van der Waals surface area (Å²) in [6, 6.07) is 17.9. The molecule has 0 saturated carbocycles. The first-order chi connectivity index (χ1) is 12.5. The van der Waals surface area contributed by atoms with Gasteiger partial charge in [-0.3, -0.25) is 4.39 Å². The van der Waals surface area contributed by atoms with Gasteiger partial charge in [0, 0.05) is 22.9 Å². The molecule has 0 unspecified atom stereocenters. The van der Waals surface area contributed by atoms with E-state index in [0.717, 1.165) is 19.6 Å². The molecule has 0 aliphatic carbocycles. The zero-order chi connectivity index (χ0) is 18.6. The fraction of sp³-hybridized carbons (Fsp3) is 0.478. The van der Waals surface area contributed by atoms with Crippen molar-refractivity contribution in [2.45, 2.75) is 54.7 Å². The maximum absolute atomic E-state index is 12.3. The highest BCUT2D eigenvalue weighted by Crippen LogP contribution is 2.33. The van der Waals surface area contributed by atoms with Crippen LogP contribution in [0, 0.1) is 0 Å². The summed E-state index contributed by atoms with van der Waals surface area (Å²) in [5.41, 5.74) is 2.99. The summed E-state index contributed by atoms with van der Waals surface area (Å²) in [6.45, 7) is 9.60. The van der Waals surface area contributed by atoms with Gasteiger partial charge in [0.15, 0.2) is 0 Å². The normalized spacial score (nSPS) is 18.4. The standard InChI is InChI=1S/C23H30FNS/c1-23(2,3)20-7-11-22(12-8-20)26-21-9-5-18(6-10-21)19-13-16-25(17-19)15-4-14-24/h5-12,19H,4,13-17H2,1-3H3/t19-/m1/s1. The van der Waals surface area contributed by atoms with E-state index in [2.05, 4.69) is 74.2 Å². The molecule has 3 heteroatoms. The van der Waals surface area contributed by atoms with E-state index in [4.69, 9.17) is 0 Å². The third-order valence-electron chi connectivity index (χ3n) is 5.19. The van der Waals surface area contributed by atoms with E-state index in [0.29, 0.717) is 12.3 Å². The van der Waals surface area contributed by atoms with Gasteiger partial charge in [-0.1, -0.05) is 56.8 Å². The van der Waals surface area contributed by atoms with Crippen LogP contribution in [0.25, 0.3) is 0 Å². The lowest BCUT2D eigenvalue weighted by molar-refractivity contribution is 0.309. The first-order valence-electron chi connectivity index (χ1n) is 9.62. The summed E-state index contributed by atoms with van der Waals surface area (Å²) in [5, 5.41) is 0. The Bertz CT molecular complexity index is 688. The highest BCUT2D eigenvalue weighted by Gasteiger charge is 2.23. The summed E-state index contributed by atoms with van der Waals surface area (Å²) in [4.78, 5) is 4.96. The molecule has 140 valence electrons. The molecule has 0 spiro atoms. The van der Waals surface area contributed by atoms with Crippen molar-refractivity contribution in [1.29, 1.82) is 0 Å². The summed E-state index contributed by atoms with van der Waals surface area (Å²) in [5.74, 6) is 0.597. The molecule has 1 fully saturated rings. The van der Waals surface area contributed by atoms with Crippen LogP contribution in [0.5, 0.6) is 0 Å². The van der Waals surface area contributed by atoms with E-state index in [-0.39, 0.29) is 12.1 Å². The van der Waals surface area contributed by atoms with E-state index in [1.807, 2.05) is 11.8 Å². The molecule has 1 heterocycles. The molecule has 1 aliphatic heterocycles. The third-order valence-corrected chi connectivity index (χ3v) is 6.20. The Morgan fingerprint density at radius 3 is 2.19 bits per heavy atom. The number of rotatable bonds is 6. The maximum Gasteiger partial charge on any atom is 0.0906 e. The topological polar surface area (TPSA) is 3.24 Å². The first kappa shape index (κ1) is 19.4. The fourth-order valence-electron chi connectivity index (χ4n) is 3.56. The molecule has 1 nitrogen and oxygen atoms in total. The number of nitrogens with zero attached hydrogens (tertiary/aromatic N) is 1. The minimum Gasteiger partial charge on any atom is -0.303 e. The first-order valence-corrected chi connectivity index (χ1v) is 10.4. The highest BCUT2D eigenvalue weighted by molar-refractivity contribution is 7.99. The van der Waals surface area contributed by atoms with Crippen LogP contribution in [-0.4, -0.2) is 31.2 Å². The van der Waals surface area contributed by atoms with Crippen molar-refractivity contribution in [3.8, 4) is 0 Å². The lowest BCUT2D eigenvalue weighted by atomic mass is 9.87. The molecule has 1 saturated heterocycles. The molecular formula is C23H30FNS. The lowest BCUT2D eigenvalue weighted by Crippen LogP contribution is -2.21. The Hall–Kier alpha value is -1.32. The minimum absolute atomic E-state index is 0.199. The zero-order valence-electron chi connectivity index (χ0n) is 16.2. The summed E-state index contributed by atoms with van der Waals surface area (Å²) in [7, 11) is 0. The zero-order valence-corrected chi connectivity index (χ0v) is 17.0. The molecule has 2 aromatic carbocycles. The number of hydrogen-bond acceptors (Lipinski definition) is 2. The Morgan fingerprint density at radius 2 is 1.62 bits per heavy atom. The number of alkyl halides is 1. The van der Waals surface area contributed by atoms with Crippen LogP contribution in [0.2, 0.25) is 0 Å². The molecule has 2 aromatic rings. The largest absolute Gasteiger partial charge is 0.303 e. The second-order valence-corrected chi connectivity index (χ2v) is 9.42. The van der Waals surface area contributed by atoms with Gasteiger partial charge < -0.3 is 4.90 Å². The quantitative estimate of drug-likeness (QED) is 0.587. The van der Waals surface area contributed by atoms with Crippen molar-refractivity contribution in [2.24, 2.45) is 0 Å². The third kappa shape index (κ3) is 5.11. The Balaban J connectivity index is 1.58. The van der Waals surface area contributed by atoms with Gasteiger partial charge in [-0.25, -0.2) is 0 Å². The predicted octanol–water partition coefficient (Wildman–Crippen LogP) is 6.28. The fourth-order valence-corrected chi connectivity index (χ4v) is 4.37. The van der Waals surface area contributed by atoms with E-state index in [1.165, 1.54) is 27.3 Å². The van der Waals surface area contributed by atoms with Crippen LogP contribution >= 0.6 is 11.8 Å². The van der Waals surface area contributed by atoms with Crippen LogP contribution in [0.1, 0.15) is 50.7 Å². The van der Waals surface area contributed by atoms with Gasteiger partial charge in [0.2, 0.25) is 0 Å². The summed E-state index contributed by atoms with van der Waals surface area (Å²) in [6.07, 6.45) is 1.85. The van der Waals surface area contributed by atoms with Gasteiger partial charge >= 0.3 is 0 Å². The average Bonchev–Trinajstić information content (AvgIpc) is 3.09. The molecule has 26 heavy (non-hydrogen) atoms. The smallest absolute Gasteiger partial charge is 0.0906 e. The van der Waals surface area contributed by atoms with E-state index >= 15 is 0 Å². The molecular weight excluding hydrogens is 341 g/mol. The molecule has 0 radical (unpaired) electrons. The van der Waals surface area contributed by atoms with Crippen molar-refractivity contribution < 1.29 is 4.39 Å². The Morgan fingerprint density at radius 1 is 1.00 bits per heavy atom. The maximum atomic E-state index is 12.3. The van der Waals surface area contributed by atoms with Crippen LogP contribution in [0.3, 0.4) is 0 Å². The van der Waals surface area contributed by atoms with E-state index in [9.17, 15) is 4.39 Å². The number of hydrogen-bond donors (Lipinski definition) is 0. The number of halogens is 1. The van der Waals surface area contributed by atoms with Gasteiger partial charge in [0.25, 0.3) is 0 Å². The van der Waals surface area contributed by atoms with Crippen molar-refractivity contribution in [3.63, 3.8) is 0 Å². The molecule has 0 aromatic heterocycles. The van der Waals surface area contributed by atoms with E-state index < -0.39 is 0 Å². The van der Waals surface area contributed by atoms with Gasteiger partial charge in [-0.15, -0.1) is 0 Å². The lowest BCUT2D eigenvalue weighted by Gasteiger charge is -2.19. The van der Waals surface area contributed by atoms with Crippen LogP contribution in [-0.2, 0) is 5.41 Å². The second kappa shape index (κ2) is 8.58. The van der Waals surface area contributed by atoms with Gasteiger partial charge in [0.05, 0.1) is 6.67 Å². The van der Waals surface area contributed by atoms with Crippen molar-refractivity contribution in [1.82, 2.24) is 4.90 Å². The molecule has 1 atom stereocenters. The van der Waals surface area contributed by atoms with Gasteiger partial charge in [0.1, 0.15) is 0 Å². The molecule has 0 amide bonds. The SMILES string of the molecule is CC(C)(C)c1ccc(Sc2ccc([C@@H]3CCN(CCCF)C3)cc2)cc1. The Labute approximate surface area is 162 Å².